The average Bonchev–Trinajstić information content (AvgIpc) is 3.98. The van der Waals surface area contributed by atoms with E-state index in [0.717, 1.165) is 22.6 Å². The molecule has 4 heterocycles. The van der Waals surface area contributed by atoms with Gasteiger partial charge in [-0.05, 0) is 87.3 Å². The highest BCUT2D eigenvalue weighted by Gasteiger charge is 2.31. The van der Waals surface area contributed by atoms with Gasteiger partial charge in [0.1, 0.15) is 5.82 Å². The maximum absolute atomic E-state index is 3.93. The predicted molar refractivity (Wildman–Crippen MR) is 235 cm³/mol. The molecule has 0 amide bonds. The van der Waals surface area contributed by atoms with E-state index >= 15 is 0 Å². The maximum Gasteiger partial charge on any atom is 0.115 e. The average molecular weight is 735 g/mol. The van der Waals surface area contributed by atoms with E-state index in [9.17, 15) is 0 Å². The molecule has 3 aromatic heterocycles. The number of benzene rings is 8. The van der Waals surface area contributed by atoms with E-state index in [1.807, 2.05) is 0 Å². The van der Waals surface area contributed by atoms with Crippen molar-refractivity contribution in [3.05, 3.63) is 205 Å². The van der Waals surface area contributed by atoms with Crippen molar-refractivity contribution in [3.63, 3.8) is 0 Å². The third-order valence-electron chi connectivity index (χ3n) is 12.0. The van der Waals surface area contributed by atoms with E-state index in [1.54, 1.807) is 0 Å². The van der Waals surface area contributed by atoms with Gasteiger partial charge in [0.2, 0.25) is 0 Å². The summed E-state index contributed by atoms with van der Waals surface area (Å²) < 4.78 is 4.79. The molecule has 1 aliphatic rings. The van der Waals surface area contributed by atoms with Crippen molar-refractivity contribution in [2.75, 3.05) is 0 Å². The predicted octanol–water partition coefficient (Wildman–Crippen LogP) is 11.7. The summed E-state index contributed by atoms with van der Waals surface area (Å²) in [6.07, 6.45) is 1.80. The Balaban J connectivity index is 0.999. The Labute approximate surface area is 329 Å². The molecule has 6 heteroatoms. The number of hydrogen-bond acceptors (Lipinski definition) is 3. The van der Waals surface area contributed by atoms with Crippen LogP contribution in [0.25, 0.3) is 76.7 Å². The fourth-order valence-electron chi connectivity index (χ4n) is 9.24. The SMILES string of the molecule is c1ccc(-n2c3ccccc3c3cc4c5ccccc5n(-c5cc(C6NC(c7ccc8ccccc8c7)NC(c7ccc8ccccc8c7)N6)c[nH]5)c4cc32)cc1. The van der Waals surface area contributed by atoms with E-state index in [0.29, 0.717) is 0 Å². The van der Waals surface area contributed by atoms with Crippen LogP contribution in [0, 0.1) is 0 Å². The summed E-state index contributed by atoms with van der Waals surface area (Å²) in [5, 5.41) is 21.7. The number of hydrogen-bond donors (Lipinski definition) is 4. The number of nitrogens with one attached hydrogen (secondary N) is 4. The molecule has 0 spiro atoms. The monoisotopic (exact) mass is 734 g/mol. The van der Waals surface area contributed by atoms with Crippen LogP contribution in [0.2, 0.25) is 0 Å². The van der Waals surface area contributed by atoms with Gasteiger partial charge >= 0.3 is 0 Å². The van der Waals surface area contributed by atoms with Gasteiger partial charge in [-0.15, -0.1) is 0 Å². The summed E-state index contributed by atoms with van der Waals surface area (Å²) in [7, 11) is 0. The molecule has 2 atom stereocenters. The number of aromatic amines is 1. The fraction of sp³-hybridized carbons (Fsp3) is 0.0588. The van der Waals surface area contributed by atoms with Crippen molar-refractivity contribution in [3.8, 4) is 11.5 Å². The first-order valence-corrected chi connectivity index (χ1v) is 19.7. The molecule has 1 fully saturated rings. The van der Waals surface area contributed by atoms with Crippen molar-refractivity contribution < 1.29 is 0 Å². The smallest absolute Gasteiger partial charge is 0.115 e. The molecule has 0 aliphatic carbocycles. The van der Waals surface area contributed by atoms with E-state index in [2.05, 4.69) is 218 Å². The van der Waals surface area contributed by atoms with Gasteiger partial charge in [-0.2, -0.15) is 0 Å². The number of rotatable bonds is 5. The molecule has 6 nitrogen and oxygen atoms in total. The zero-order valence-corrected chi connectivity index (χ0v) is 31.0. The quantitative estimate of drug-likeness (QED) is 0.142. The lowest BCUT2D eigenvalue weighted by Gasteiger charge is -2.39. The van der Waals surface area contributed by atoms with Crippen molar-refractivity contribution in [2.24, 2.45) is 0 Å². The van der Waals surface area contributed by atoms with Gasteiger partial charge in [-0.3, -0.25) is 20.5 Å². The van der Waals surface area contributed by atoms with E-state index in [1.165, 1.54) is 70.8 Å². The number of para-hydroxylation sites is 3. The molecular weight excluding hydrogens is 697 g/mol. The van der Waals surface area contributed by atoms with Crippen LogP contribution < -0.4 is 16.0 Å². The van der Waals surface area contributed by atoms with Gasteiger partial charge < -0.3 is 9.55 Å². The molecule has 0 saturated carbocycles. The minimum atomic E-state index is -0.149. The lowest BCUT2D eigenvalue weighted by atomic mass is 10.0. The number of aromatic nitrogens is 3. The molecule has 2 unspecified atom stereocenters. The van der Waals surface area contributed by atoms with Crippen molar-refractivity contribution in [2.45, 2.75) is 18.5 Å². The molecule has 1 aliphatic heterocycles. The highest BCUT2D eigenvalue weighted by molar-refractivity contribution is 6.19. The molecule has 0 bridgehead atoms. The standard InChI is InChI=1S/C51H38N6/c1-2-16-39(17-3-1)56-44-20-10-8-18-40(44)42-29-43-41-19-9-11-21-45(41)57(47(43)30-46(42)56)48-28-38(31-52-48)51-54-49(36-24-22-32-12-4-6-14-34(32)26-36)53-50(55-51)37-25-23-33-13-5-7-15-35(33)27-37/h1-31,49-55H. The largest absolute Gasteiger partial charge is 0.347 e. The second-order valence-corrected chi connectivity index (χ2v) is 15.3. The van der Waals surface area contributed by atoms with E-state index < -0.39 is 0 Å². The molecule has 12 rings (SSSR count). The molecule has 4 N–H and O–H groups in total. The van der Waals surface area contributed by atoms with E-state index in [-0.39, 0.29) is 18.5 Å². The lowest BCUT2D eigenvalue weighted by molar-refractivity contribution is 0.203. The maximum atomic E-state index is 3.93. The van der Waals surface area contributed by atoms with Crippen LogP contribution in [0.1, 0.15) is 35.2 Å². The second-order valence-electron chi connectivity index (χ2n) is 15.3. The zero-order valence-electron chi connectivity index (χ0n) is 31.0. The minimum Gasteiger partial charge on any atom is -0.347 e. The van der Waals surface area contributed by atoms with Gasteiger partial charge in [-0.1, -0.05) is 127 Å². The Hall–Kier alpha value is -6.96. The lowest BCUT2D eigenvalue weighted by Crippen LogP contribution is -2.54. The Bertz CT molecular complexity index is 3230. The van der Waals surface area contributed by atoms with Crippen LogP contribution in [0.15, 0.2) is 188 Å². The molecular formula is C51H38N6. The molecule has 0 radical (unpaired) electrons. The van der Waals surface area contributed by atoms with Crippen LogP contribution in [-0.2, 0) is 0 Å². The third-order valence-corrected chi connectivity index (χ3v) is 12.0. The minimum absolute atomic E-state index is 0.0999. The highest BCUT2D eigenvalue weighted by Crippen LogP contribution is 2.40. The first-order chi connectivity index (χ1) is 28.2. The Morgan fingerprint density at radius 3 is 1.44 bits per heavy atom. The highest BCUT2D eigenvalue weighted by atomic mass is 15.4. The van der Waals surface area contributed by atoms with Crippen LogP contribution in [0.3, 0.4) is 0 Å². The first kappa shape index (κ1) is 32.3. The Morgan fingerprint density at radius 1 is 0.333 bits per heavy atom. The van der Waals surface area contributed by atoms with Crippen molar-refractivity contribution >= 4 is 65.2 Å². The van der Waals surface area contributed by atoms with Gasteiger partial charge in [-0.25, -0.2) is 0 Å². The summed E-state index contributed by atoms with van der Waals surface area (Å²) in [5.74, 6) is 1.02. The summed E-state index contributed by atoms with van der Waals surface area (Å²) in [6.45, 7) is 0. The third kappa shape index (κ3) is 5.23. The molecule has 11 aromatic rings. The molecule has 1 saturated heterocycles. The summed E-state index contributed by atoms with van der Waals surface area (Å²) in [5.41, 5.74) is 9.39. The summed E-state index contributed by atoms with van der Waals surface area (Å²) in [4.78, 5) is 3.72. The Kier molecular flexibility index (Phi) is 7.25. The van der Waals surface area contributed by atoms with Gasteiger partial charge in [0, 0.05) is 39.0 Å². The van der Waals surface area contributed by atoms with Crippen LogP contribution in [-0.4, -0.2) is 14.1 Å². The van der Waals surface area contributed by atoms with E-state index in [4.69, 9.17) is 0 Å². The number of nitrogens with zero attached hydrogens (tertiary/aromatic N) is 2. The summed E-state index contributed by atoms with van der Waals surface area (Å²) >= 11 is 0. The second kappa shape index (κ2) is 12.8. The van der Waals surface area contributed by atoms with Crippen molar-refractivity contribution in [1.29, 1.82) is 0 Å². The zero-order chi connectivity index (χ0) is 37.5. The van der Waals surface area contributed by atoms with Crippen LogP contribution in [0.4, 0.5) is 0 Å². The first-order valence-electron chi connectivity index (χ1n) is 19.7. The summed E-state index contributed by atoms with van der Waals surface area (Å²) in [6, 6.07) is 65.9. The number of H-pyrrole nitrogens is 1. The van der Waals surface area contributed by atoms with Crippen LogP contribution >= 0.6 is 0 Å². The van der Waals surface area contributed by atoms with Gasteiger partial charge in [0.25, 0.3) is 0 Å². The van der Waals surface area contributed by atoms with Gasteiger partial charge in [0.05, 0.1) is 40.6 Å². The molecule has 272 valence electrons. The Morgan fingerprint density at radius 2 is 0.825 bits per heavy atom. The molecule has 57 heavy (non-hydrogen) atoms. The topological polar surface area (TPSA) is 61.7 Å². The van der Waals surface area contributed by atoms with Crippen LogP contribution in [0.5, 0.6) is 0 Å². The molecule has 8 aromatic carbocycles. The number of fused-ring (bicyclic) bond motifs is 8. The normalized spacial score (nSPS) is 17.4. The van der Waals surface area contributed by atoms with Crippen molar-refractivity contribution in [1.82, 2.24) is 30.1 Å². The fourth-order valence-corrected chi connectivity index (χ4v) is 9.24. The van der Waals surface area contributed by atoms with Gasteiger partial charge in [0.15, 0.2) is 0 Å².